The Morgan fingerprint density at radius 1 is 1.20 bits per heavy atom. The van der Waals surface area contributed by atoms with Crippen LogP contribution in [0.2, 0.25) is 0 Å². The number of fused-ring (bicyclic) bond motifs is 1. The number of nitrogens with zero attached hydrogens (tertiary/aromatic N) is 1. The molecule has 3 rings (SSSR count). The highest BCUT2D eigenvalue weighted by molar-refractivity contribution is 5.39. The summed E-state index contributed by atoms with van der Waals surface area (Å²) in [5, 5.41) is 3.44. The predicted octanol–water partition coefficient (Wildman–Crippen LogP) is 2.31. The molecule has 0 saturated heterocycles. The van der Waals surface area contributed by atoms with Gasteiger partial charge in [-0.1, -0.05) is 12.1 Å². The van der Waals surface area contributed by atoms with E-state index in [4.69, 9.17) is 9.47 Å². The lowest BCUT2D eigenvalue weighted by Crippen LogP contribution is -2.12. The second kappa shape index (κ2) is 5.92. The van der Waals surface area contributed by atoms with Gasteiger partial charge in [-0.2, -0.15) is 0 Å². The summed E-state index contributed by atoms with van der Waals surface area (Å²) in [6, 6.07) is 10.3. The average Bonchev–Trinajstić information content (AvgIpc) is 2.95. The van der Waals surface area contributed by atoms with Crippen LogP contribution in [-0.4, -0.2) is 18.7 Å². The van der Waals surface area contributed by atoms with Crippen LogP contribution in [0.25, 0.3) is 0 Å². The molecule has 0 saturated carbocycles. The minimum absolute atomic E-state index is 0.652. The van der Waals surface area contributed by atoms with E-state index in [1.807, 2.05) is 12.1 Å². The average molecular weight is 270 g/mol. The summed E-state index contributed by atoms with van der Waals surface area (Å²) in [5.74, 6) is 1.69. The fraction of sp³-hybridized carbons (Fsp3) is 0.312. The number of rotatable bonds is 5. The topological polar surface area (TPSA) is 43.4 Å². The molecule has 1 aromatic heterocycles. The van der Waals surface area contributed by atoms with Crippen molar-refractivity contribution >= 4 is 0 Å². The molecule has 0 spiro atoms. The Balaban J connectivity index is 1.57. The van der Waals surface area contributed by atoms with Gasteiger partial charge in [0.2, 0.25) is 5.88 Å². The molecule has 1 aliphatic rings. The first kappa shape index (κ1) is 12.9. The Hall–Kier alpha value is -2.07. The van der Waals surface area contributed by atoms with Crippen LogP contribution in [0.3, 0.4) is 0 Å². The highest BCUT2D eigenvalue weighted by Gasteiger charge is 2.11. The smallest absolute Gasteiger partial charge is 0.213 e. The summed E-state index contributed by atoms with van der Waals surface area (Å²) >= 11 is 0. The minimum atomic E-state index is 0.652. The van der Waals surface area contributed by atoms with Crippen molar-refractivity contribution in [2.24, 2.45) is 0 Å². The van der Waals surface area contributed by atoms with E-state index in [0.717, 1.165) is 31.9 Å². The summed E-state index contributed by atoms with van der Waals surface area (Å²) < 4.78 is 10.6. The van der Waals surface area contributed by atoms with E-state index in [9.17, 15) is 0 Å². The second-order valence-corrected chi connectivity index (χ2v) is 4.85. The van der Waals surface area contributed by atoms with Gasteiger partial charge in [-0.3, -0.25) is 0 Å². The summed E-state index contributed by atoms with van der Waals surface area (Å²) in [6.07, 6.45) is 2.79. The molecule has 2 aromatic rings. The number of aromatic nitrogens is 1. The number of hydrogen-bond acceptors (Lipinski definition) is 4. The zero-order valence-electron chi connectivity index (χ0n) is 11.6. The maximum absolute atomic E-state index is 5.51. The quantitative estimate of drug-likeness (QED) is 0.905. The highest BCUT2D eigenvalue weighted by Crippen LogP contribution is 2.25. The van der Waals surface area contributed by atoms with Gasteiger partial charge in [0.1, 0.15) is 5.75 Å². The maximum atomic E-state index is 5.51. The van der Waals surface area contributed by atoms with Crippen LogP contribution >= 0.6 is 0 Å². The molecule has 1 aliphatic heterocycles. The van der Waals surface area contributed by atoms with E-state index in [1.54, 1.807) is 13.3 Å². The first-order valence-corrected chi connectivity index (χ1v) is 6.79. The van der Waals surface area contributed by atoms with Gasteiger partial charge >= 0.3 is 0 Å². The van der Waals surface area contributed by atoms with Crippen molar-refractivity contribution in [3.05, 3.63) is 53.2 Å². The number of ether oxygens (including phenoxy) is 2. The monoisotopic (exact) mass is 270 g/mol. The number of pyridine rings is 1. The molecule has 0 bridgehead atoms. The number of nitrogens with one attached hydrogen (secondary N) is 1. The van der Waals surface area contributed by atoms with Crippen LogP contribution in [0.5, 0.6) is 11.6 Å². The van der Waals surface area contributed by atoms with E-state index < -0.39 is 0 Å². The molecule has 1 N–H and O–H groups in total. The number of methoxy groups -OCH3 is 1. The normalized spacial score (nSPS) is 12.8. The van der Waals surface area contributed by atoms with E-state index >= 15 is 0 Å². The third-order valence-electron chi connectivity index (χ3n) is 3.42. The van der Waals surface area contributed by atoms with Gasteiger partial charge in [-0.15, -0.1) is 0 Å². The summed E-state index contributed by atoms with van der Waals surface area (Å²) in [7, 11) is 1.63. The first-order chi connectivity index (χ1) is 9.85. The van der Waals surface area contributed by atoms with Gasteiger partial charge in [0.15, 0.2) is 0 Å². The van der Waals surface area contributed by atoms with Crippen LogP contribution in [0.4, 0.5) is 0 Å². The Bertz CT molecular complexity index is 599. The Morgan fingerprint density at radius 3 is 2.90 bits per heavy atom. The molecule has 1 aromatic carbocycles. The van der Waals surface area contributed by atoms with E-state index in [2.05, 4.69) is 28.5 Å². The summed E-state index contributed by atoms with van der Waals surface area (Å²) in [4.78, 5) is 4.10. The summed E-state index contributed by atoms with van der Waals surface area (Å²) in [5.41, 5.74) is 3.77. The number of hydrogen-bond donors (Lipinski definition) is 1. The molecule has 20 heavy (non-hydrogen) atoms. The second-order valence-electron chi connectivity index (χ2n) is 4.85. The number of benzene rings is 1. The fourth-order valence-electron chi connectivity index (χ4n) is 2.37. The molecule has 0 amide bonds. The minimum Gasteiger partial charge on any atom is -0.493 e. The van der Waals surface area contributed by atoms with Crippen LogP contribution < -0.4 is 14.8 Å². The first-order valence-electron chi connectivity index (χ1n) is 6.79. The molecule has 0 unspecified atom stereocenters. The highest BCUT2D eigenvalue weighted by atomic mass is 16.5. The molecule has 104 valence electrons. The Morgan fingerprint density at radius 2 is 2.05 bits per heavy atom. The zero-order chi connectivity index (χ0) is 13.8. The lowest BCUT2D eigenvalue weighted by atomic mass is 10.1. The van der Waals surface area contributed by atoms with Crippen molar-refractivity contribution in [3.8, 4) is 11.6 Å². The molecular weight excluding hydrogens is 252 g/mol. The van der Waals surface area contributed by atoms with Crippen LogP contribution in [0.15, 0.2) is 36.5 Å². The molecule has 4 heteroatoms. The molecule has 4 nitrogen and oxygen atoms in total. The van der Waals surface area contributed by atoms with Crippen LogP contribution in [0.1, 0.15) is 16.7 Å². The third-order valence-corrected chi connectivity index (χ3v) is 3.42. The third kappa shape index (κ3) is 2.91. The van der Waals surface area contributed by atoms with Crippen LogP contribution in [0, 0.1) is 0 Å². The van der Waals surface area contributed by atoms with Crippen LogP contribution in [-0.2, 0) is 19.5 Å². The van der Waals surface area contributed by atoms with Gasteiger partial charge < -0.3 is 14.8 Å². The summed E-state index contributed by atoms with van der Waals surface area (Å²) in [6.45, 7) is 2.45. The lowest BCUT2D eigenvalue weighted by molar-refractivity contribution is 0.357. The Kier molecular flexibility index (Phi) is 3.83. The maximum Gasteiger partial charge on any atom is 0.213 e. The fourth-order valence-corrected chi connectivity index (χ4v) is 2.37. The largest absolute Gasteiger partial charge is 0.493 e. The molecule has 0 radical (unpaired) electrons. The van der Waals surface area contributed by atoms with Gasteiger partial charge in [-0.05, 0) is 28.8 Å². The standard InChI is InChI=1S/C16H18N2O2/c1-19-16-9-13(4-6-18-16)11-17-10-12-2-3-15-14(8-12)5-7-20-15/h2-4,6,8-9,17H,5,7,10-11H2,1H3. The van der Waals surface area contributed by atoms with Crippen molar-refractivity contribution in [2.45, 2.75) is 19.5 Å². The van der Waals surface area contributed by atoms with Gasteiger partial charge in [0.05, 0.1) is 13.7 Å². The van der Waals surface area contributed by atoms with Gasteiger partial charge in [-0.25, -0.2) is 4.98 Å². The van der Waals surface area contributed by atoms with Gasteiger partial charge in [0.25, 0.3) is 0 Å². The SMILES string of the molecule is COc1cc(CNCc2ccc3c(c2)CCO3)ccn1. The predicted molar refractivity (Wildman–Crippen MR) is 77.0 cm³/mol. The van der Waals surface area contributed by atoms with E-state index in [-0.39, 0.29) is 0 Å². The zero-order valence-corrected chi connectivity index (χ0v) is 11.6. The molecule has 2 heterocycles. The van der Waals surface area contributed by atoms with Crippen molar-refractivity contribution in [3.63, 3.8) is 0 Å². The van der Waals surface area contributed by atoms with Crippen molar-refractivity contribution < 1.29 is 9.47 Å². The van der Waals surface area contributed by atoms with Crippen molar-refractivity contribution in [1.82, 2.24) is 10.3 Å². The van der Waals surface area contributed by atoms with Crippen molar-refractivity contribution in [1.29, 1.82) is 0 Å². The molecule has 0 fully saturated rings. The van der Waals surface area contributed by atoms with Gasteiger partial charge in [0, 0.05) is 31.8 Å². The molecule has 0 aliphatic carbocycles. The Labute approximate surface area is 118 Å². The molecular formula is C16H18N2O2. The van der Waals surface area contributed by atoms with E-state index in [0.29, 0.717) is 5.88 Å². The van der Waals surface area contributed by atoms with Crippen molar-refractivity contribution in [2.75, 3.05) is 13.7 Å². The van der Waals surface area contributed by atoms with E-state index in [1.165, 1.54) is 16.7 Å². The molecule has 0 atom stereocenters. The lowest BCUT2D eigenvalue weighted by Gasteiger charge is -2.07.